The van der Waals surface area contributed by atoms with Crippen LogP contribution in [-0.4, -0.2) is 9.97 Å². The predicted molar refractivity (Wildman–Crippen MR) is 53.0 cm³/mol. The van der Waals surface area contributed by atoms with Crippen molar-refractivity contribution in [3.63, 3.8) is 0 Å². The third-order valence-corrected chi connectivity index (χ3v) is 2.34. The van der Waals surface area contributed by atoms with E-state index in [0.29, 0.717) is 5.92 Å². The van der Waals surface area contributed by atoms with Crippen LogP contribution in [0.3, 0.4) is 0 Å². The van der Waals surface area contributed by atoms with Crippen molar-refractivity contribution in [3.8, 4) is 0 Å². The Balaban J connectivity index is 2.53. The quantitative estimate of drug-likeness (QED) is 0.768. The van der Waals surface area contributed by atoms with Gasteiger partial charge in [-0.1, -0.05) is 20.3 Å². The van der Waals surface area contributed by atoms with Gasteiger partial charge in [-0.25, -0.2) is 9.97 Å². The van der Waals surface area contributed by atoms with Crippen LogP contribution in [0.2, 0.25) is 0 Å². The first kappa shape index (κ1) is 10.1. The standard InChI is InChI=1S/C10H17N3/c1-3-8(2)6-9(11)10-4-5-12-7-13-10/h4-5,7-9H,3,6,11H2,1-2H3. The molecular weight excluding hydrogens is 162 g/mol. The minimum Gasteiger partial charge on any atom is -0.323 e. The average Bonchev–Trinajstić information content (AvgIpc) is 2.19. The largest absolute Gasteiger partial charge is 0.323 e. The normalized spacial score (nSPS) is 15.3. The van der Waals surface area contributed by atoms with E-state index in [2.05, 4.69) is 23.8 Å². The maximum atomic E-state index is 5.98. The Morgan fingerprint density at radius 2 is 2.31 bits per heavy atom. The van der Waals surface area contributed by atoms with Crippen LogP contribution in [-0.2, 0) is 0 Å². The molecule has 2 N–H and O–H groups in total. The van der Waals surface area contributed by atoms with Crippen molar-refractivity contribution in [1.29, 1.82) is 0 Å². The summed E-state index contributed by atoms with van der Waals surface area (Å²) in [6.45, 7) is 4.39. The number of hydrogen-bond donors (Lipinski definition) is 1. The fourth-order valence-electron chi connectivity index (χ4n) is 1.24. The molecule has 0 saturated heterocycles. The van der Waals surface area contributed by atoms with Crippen LogP contribution in [0, 0.1) is 5.92 Å². The van der Waals surface area contributed by atoms with Gasteiger partial charge in [0.1, 0.15) is 6.33 Å². The molecule has 0 aliphatic heterocycles. The topological polar surface area (TPSA) is 51.8 Å². The second-order valence-electron chi connectivity index (χ2n) is 3.49. The van der Waals surface area contributed by atoms with Crippen molar-refractivity contribution in [3.05, 3.63) is 24.3 Å². The molecular formula is C10H17N3. The lowest BCUT2D eigenvalue weighted by molar-refractivity contribution is 0.455. The highest BCUT2D eigenvalue weighted by Gasteiger charge is 2.10. The summed E-state index contributed by atoms with van der Waals surface area (Å²) in [7, 11) is 0. The molecule has 0 radical (unpaired) electrons. The zero-order valence-electron chi connectivity index (χ0n) is 8.27. The summed E-state index contributed by atoms with van der Waals surface area (Å²) in [5.41, 5.74) is 6.92. The van der Waals surface area contributed by atoms with E-state index in [1.807, 2.05) is 6.07 Å². The molecule has 3 nitrogen and oxygen atoms in total. The zero-order chi connectivity index (χ0) is 9.68. The Hall–Kier alpha value is -0.960. The fourth-order valence-corrected chi connectivity index (χ4v) is 1.24. The molecule has 0 spiro atoms. The molecule has 1 aromatic rings. The molecule has 13 heavy (non-hydrogen) atoms. The van der Waals surface area contributed by atoms with Gasteiger partial charge >= 0.3 is 0 Å². The number of hydrogen-bond acceptors (Lipinski definition) is 3. The molecule has 0 aliphatic carbocycles. The second-order valence-corrected chi connectivity index (χ2v) is 3.49. The van der Waals surface area contributed by atoms with Crippen LogP contribution in [0.4, 0.5) is 0 Å². The van der Waals surface area contributed by atoms with Gasteiger partial charge in [0.15, 0.2) is 0 Å². The van der Waals surface area contributed by atoms with E-state index in [-0.39, 0.29) is 6.04 Å². The Morgan fingerprint density at radius 3 is 2.85 bits per heavy atom. The van der Waals surface area contributed by atoms with Crippen molar-refractivity contribution < 1.29 is 0 Å². The molecule has 0 aromatic carbocycles. The Bertz CT molecular complexity index is 235. The lowest BCUT2D eigenvalue weighted by Crippen LogP contribution is -2.15. The van der Waals surface area contributed by atoms with E-state index < -0.39 is 0 Å². The Labute approximate surface area is 79.4 Å². The van der Waals surface area contributed by atoms with Crippen molar-refractivity contribution in [2.45, 2.75) is 32.7 Å². The molecule has 0 saturated carbocycles. The van der Waals surface area contributed by atoms with Crippen LogP contribution in [0.15, 0.2) is 18.6 Å². The smallest absolute Gasteiger partial charge is 0.115 e. The van der Waals surface area contributed by atoms with E-state index in [4.69, 9.17) is 5.73 Å². The number of nitrogens with zero attached hydrogens (tertiary/aromatic N) is 2. The van der Waals surface area contributed by atoms with Gasteiger partial charge in [0, 0.05) is 12.2 Å². The monoisotopic (exact) mass is 179 g/mol. The van der Waals surface area contributed by atoms with Crippen LogP contribution in [0.1, 0.15) is 38.4 Å². The van der Waals surface area contributed by atoms with Gasteiger partial charge in [0.25, 0.3) is 0 Å². The molecule has 0 fully saturated rings. The van der Waals surface area contributed by atoms with Crippen LogP contribution >= 0.6 is 0 Å². The van der Waals surface area contributed by atoms with Crippen molar-refractivity contribution >= 4 is 0 Å². The van der Waals surface area contributed by atoms with E-state index in [0.717, 1.165) is 12.1 Å². The van der Waals surface area contributed by atoms with Gasteiger partial charge in [-0.3, -0.25) is 0 Å². The van der Waals surface area contributed by atoms with Gasteiger partial charge in [-0.05, 0) is 18.4 Å². The molecule has 1 aromatic heterocycles. The van der Waals surface area contributed by atoms with Gasteiger partial charge in [0.05, 0.1) is 5.69 Å². The molecule has 1 rings (SSSR count). The Morgan fingerprint density at radius 1 is 1.54 bits per heavy atom. The summed E-state index contributed by atoms with van der Waals surface area (Å²) in [5.74, 6) is 0.657. The summed E-state index contributed by atoms with van der Waals surface area (Å²) in [4.78, 5) is 7.99. The highest BCUT2D eigenvalue weighted by Crippen LogP contribution is 2.18. The SMILES string of the molecule is CCC(C)CC(N)c1ccncn1. The molecule has 2 unspecified atom stereocenters. The molecule has 1 heterocycles. The zero-order valence-corrected chi connectivity index (χ0v) is 8.27. The Kier molecular flexibility index (Phi) is 3.83. The first-order chi connectivity index (χ1) is 6.24. The fraction of sp³-hybridized carbons (Fsp3) is 0.600. The molecule has 3 heteroatoms. The van der Waals surface area contributed by atoms with E-state index in [9.17, 15) is 0 Å². The summed E-state index contributed by atoms with van der Waals surface area (Å²) >= 11 is 0. The minimum absolute atomic E-state index is 0.0537. The lowest BCUT2D eigenvalue weighted by Gasteiger charge is -2.14. The van der Waals surface area contributed by atoms with Gasteiger partial charge < -0.3 is 5.73 Å². The number of nitrogens with two attached hydrogens (primary N) is 1. The third-order valence-electron chi connectivity index (χ3n) is 2.34. The summed E-state index contributed by atoms with van der Waals surface area (Å²) in [6.07, 6.45) is 5.44. The maximum absolute atomic E-state index is 5.98. The highest BCUT2D eigenvalue weighted by molar-refractivity contribution is 5.03. The van der Waals surface area contributed by atoms with Crippen molar-refractivity contribution in [2.75, 3.05) is 0 Å². The predicted octanol–water partition coefficient (Wildman–Crippen LogP) is 1.91. The molecule has 2 atom stereocenters. The molecule has 0 bridgehead atoms. The van der Waals surface area contributed by atoms with Gasteiger partial charge in [0.2, 0.25) is 0 Å². The lowest BCUT2D eigenvalue weighted by atomic mass is 9.98. The first-order valence-electron chi connectivity index (χ1n) is 4.75. The van der Waals surface area contributed by atoms with Crippen LogP contribution in [0.25, 0.3) is 0 Å². The summed E-state index contributed by atoms with van der Waals surface area (Å²) in [6, 6.07) is 1.94. The van der Waals surface area contributed by atoms with E-state index in [1.54, 1.807) is 12.5 Å². The van der Waals surface area contributed by atoms with Crippen LogP contribution in [0.5, 0.6) is 0 Å². The van der Waals surface area contributed by atoms with Crippen molar-refractivity contribution in [2.24, 2.45) is 11.7 Å². The second kappa shape index (κ2) is 4.92. The van der Waals surface area contributed by atoms with E-state index in [1.165, 1.54) is 6.42 Å². The molecule has 0 aliphatic rings. The number of rotatable bonds is 4. The van der Waals surface area contributed by atoms with Gasteiger partial charge in [-0.15, -0.1) is 0 Å². The molecule has 0 amide bonds. The summed E-state index contributed by atoms with van der Waals surface area (Å²) in [5, 5.41) is 0. The molecule has 72 valence electrons. The van der Waals surface area contributed by atoms with Gasteiger partial charge in [-0.2, -0.15) is 0 Å². The van der Waals surface area contributed by atoms with E-state index >= 15 is 0 Å². The first-order valence-corrected chi connectivity index (χ1v) is 4.75. The highest BCUT2D eigenvalue weighted by atomic mass is 14.8. The third kappa shape index (κ3) is 3.11. The van der Waals surface area contributed by atoms with Crippen molar-refractivity contribution in [1.82, 2.24) is 9.97 Å². The number of aromatic nitrogens is 2. The minimum atomic E-state index is 0.0537. The maximum Gasteiger partial charge on any atom is 0.115 e. The van der Waals surface area contributed by atoms with Crippen LogP contribution < -0.4 is 5.73 Å². The average molecular weight is 179 g/mol. The summed E-state index contributed by atoms with van der Waals surface area (Å²) < 4.78 is 0.